The van der Waals surface area contributed by atoms with E-state index < -0.39 is 0 Å². The molecule has 0 spiro atoms. The molecule has 1 aromatic heterocycles. The Balaban J connectivity index is 1.81. The van der Waals surface area contributed by atoms with Gasteiger partial charge in [-0.25, -0.2) is 4.98 Å². The van der Waals surface area contributed by atoms with Gasteiger partial charge in [-0.05, 0) is 29.9 Å². The minimum absolute atomic E-state index is 0.0575. The Morgan fingerprint density at radius 3 is 2.78 bits per heavy atom. The van der Waals surface area contributed by atoms with E-state index in [2.05, 4.69) is 35.9 Å². The summed E-state index contributed by atoms with van der Waals surface area (Å²) in [6.45, 7) is 5.03. The van der Waals surface area contributed by atoms with Crippen molar-refractivity contribution in [3.05, 3.63) is 41.1 Å². The molecule has 0 bridgehead atoms. The number of para-hydroxylation sites is 1. The van der Waals surface area contributed by atoms with E-state index in [-0.39, 0.29) is 11.2 Å². The molecule has 0 atom stereocenters. The molecule has 4 rings (SSSR count). The highest BCUT2D eigenvalue weighted by Gasteiger charge is 2.35. The highest BCUT2D eigenvalue weighted by atomic mass is 16.1. The van der Waals surface area contributed by atoms with Crippen molar-refractivity contribution in [3.63, 3.8) is 0 Å². The van der Waals surface area contributed by atoms with Crippen molar-refractivity contribution in [2.45, 2.75) is 33.1 Å². The van der Waals surface area contributed by atoms with E-state index in [0.29, 0.717) is 23.8 Å². The number of hydrogen-bond donors (Lipinski definition) is 1. The molecule has 2 aromatic rings. The first-order valence-electron chi connectivity index (χ1n) is 8.00. The molecule has 0 saturated carbocycles. The molecule has 5 heteroatoms. The number of benzene rings is 1. The molecule has 0 fully saturated rings. The normalized spacial score (nSPS) is 18.7. The van der Waals surface area contributed by atoms with Gasteiger partial charge in [0.15, 0.2) is 5.78 Å². The molecule has 1 aliphatic heterocycles. The number of carbonyl (C=O) groups is 1. The molecule has 23 heavy (non-hydrogen) atoms. The van der Waals surface area contributed by atoms with Crippen LogP contribution in [0.3, 0.4) is 0 Å². The third-order valence-corrected chi connectivity index (χ3v) is 4.69. The van der Waals surface area contributed by atoms with E-state index in [4.69, 9.17) is 10.7 Å². The zero-order chi connectivity index (χ0) is 16.2. The monoisotopic (exact) mass is 308 g/mol. The molecule has 2 heterocycles. The van der Waals surface area contributed by atoms with Crippen LogP contribution in [0.15, 0.2) is 24.3 Å². The SMILES string of the molecule is CC1(C)CC(=O)c2c(N)nc(N3CCc4ccccc43)nc2C1. The summed E-state index contributed by atoms with van der Waals surface area (Å²) >= 11 is 0. The number of anilines is 3. The fourth-order valence-electron chi connectivity index (χ4n) is 3.65. The number of nitrogens with two attached hydrogens (primary N) is 1. The number of fused-ring (bicyclic) bond motifs is 2. The van der Waals surface area contributed by atoms with Crippen molar-refractivity contribution < 1.29 is 4.79 Å². The smallest absolute Gasteiger partial charge is 0.232 e. The van der Waals surface area contributed by atoms with Gasteiger partial charge in [-0.3, -0.25) is 4.79 Å². The maximum atomic E-state index is 12.4. The van der Waals surface area contributed by atoms with Gasteiger partial charge in [-0.2, -0.15) is 4.98 Å². The fourth-order valence-corrected chi connectivity index (χ4v) is 3.65. The molecule has 2 aliphatic rings. The number of aromatic nitrogens is 2. The zero-order valence-electron chi connectivity index (χ0n) is 13.5. The highest BCUT2D eigenvalue weighted by molar-refractivity contribution is 6.02. The average molecular weight is 308 g/mol. The standard InChI is InChI=1S/C18H20N4O/c1-18(2)9-12-15(14(23)10-18)16(19)21-17(20-12)22-8-7-11-5-3-4-6-13(11)22/h3-6H,7-10H2,1-2H3,(H2,19,20,21). The van der Waals surface area contributed by atoms with E-state index in [1.165, 1.54) is 5.56 Å². The van der Waals surface area contributed by atoms with Crippen LogP contribution < -0.4 is 10.6 Å². The minimum atomic E-state index is -0.0783. The molecule has 0 radical (unpaired) electrons. The van der Waals surface area contributed by atoms with Crippen LogP contribution in [0.5, 0.6) is 0 Å². The van der Waals surface area contributed by atoms with Crippen LogP contribution in [0, 0.1) is 5.41 Å². The Labute approximate surface area is 135 Å². The summed E-state index contributed by atoms with van der Waals surface area (Å²) in [4.78, 5) is 23.6. The summed E-state index contributed by atoms with van der Waals surface area (Å²) in [7, 11) is 0. The number of rotatable bonds is 1. The third kappa shape index (κ3) is 2.27. The lowest BCUT2D eigenvalue weighted by atomic mass is 9.76. The molecule has 2 N–H and O–H groups in total. The number of nitrogen functional groups attached to an aromatic ring is 1. The van der Waals surface area contributed by atoms with Gasteiger partial charge in [0.1, 0.15) is 5.82 Å². The summed E-state index contributed by atoms with van der Waals surface area (Å²) in [6.07, 6.45) is 2.23. The van der Waals surface area contributed by atoms with Gasteiger partial charge in [0, 0.05) is 18.7 Å². The van der Waals surface area contributed by atoms with Crippen LogP contribution in [0.2, 0.25) is 0 Å². The zero-order valence-corrected chi connectivity index (χ0v) is 13.5. The molecule has 1 aliphatic carbocycles. The lowest BCUT2D eigenvalue weighted by Gasteiger charge is -2.30. The predicted octanol–water partition coefficient (Wildman–Crippen LogP) is 2.91. The Bertz CT molecular complexity index is 813. The van der Waals surface area contributed by atoms with E-state index in [1.54, 1.807) is 0 Å². The second-order valence-electron chi connectivity index (χ2n) is 7.20. The average Bonchev–Trinajstić information content (AvgIpc) is 2.88. The first-order valence-corrected chi connectivity index (χ1v) is 8.00. The van der Waals surface area contributed by atoms with Crippen molar-refractivity contribution in [1.29, 1.82) is 0 Å². The lowest BCUT2D eigenvalue weighted by Crippen LogP contribution is -2.30. The van der Waals surface area contributed by atoms with Crippen LogP contribution in [-0.2, 0) is 12.8 Å². The van der Waals surface area contributed by atoms with Gasteiger partial charge in [0.05, 0.1) is 11.3 Å². The van der Waals surface area contributed by atoms with E-state index in [1.807, 2.05) is 12.1 Å². The third-order valence-electron chi connectivity index (χ3n) is 4.69. The number of ketones is 1. The Morgan fingerprint density at radius 2 is 1.96 bits per heavy atom. The van der Waals surface area contributed by atoms with Gasteiger partial charge in [0.2, 0.25) is 5.95 Å². The van der Waals surface area contributed by atoms with Crippen molar-refractivity contribution in [2.24, 2.45) is 5.41 Å². The molecular weight excluding hydrogens is 288 g/mol. The maximum Gasteiger partial charge on any atom is 0.232 e. The van der Waals surface area contributed by atoms with Crippen molar-refractivity contribution >= 4 is 23.2 Å². The Kier molecular flexibility index (Phi) is 2.95. The van der Waals surface area contributed by atoms with Crippen LogP contribution in [-0.4, -0.2) is 22.3 Å². The lowest BCUT2D eigenvalue weighted by molar-refractivity contribution is 0.0911. The fraction of sp³-hybridized carbons (Fsp3) is 0.389. The van der Waals surface area contributed by atoms with Crippen molar-refractivity contribution in [2.75, 3.05) is 17.2 Å². The topological polar surface area (TPSA) is 72.1 Å². The number of Topliss-reactive ketones (excluding diaryl/α,β-unsaturated/α-hetero) is 1. The summed E-state index contributed by atoms with van der Waals surface area (Å²) in [6, 6.07) is 8.28. The summed E-state index contributed by atoms with van der Waals surface area (Å²) < 4.78 is 0. The summed E-state index contributed by atoms with van der Waals surface area (Å²) in [5.74, 6) is 0.980. The molecule has 118 valence electrons. The molecular formula is C18H20N4O. The number of carbonyl (C=O) groups excluding carboxylic acids is 1. The van der Waals surface area contributed by atoms with E-state index in [9.17, 15) is 4.79 Å². The molecule has 1 aromatic carbocycles. The first-order chi connectivity index (χ1) is 10.9. The molecule has 0 saturated heterocycles. The van der Waals surface area contributed by atoms with Gasteiger partial charge < -0.3 is 10.6 Å². The highest BCUT2D eigenvalue weighted by Crippen LogP contribution is 2.38. The van der Waals surface area contributed by atoms with Crippen molar-refractivity contribution in [1.82, 2.24) is 9.97 Å². The van der Waals surface area contributed by atoms with E-state index >= 15 is 0 Å². The minimum Gasteiger partial charge on any atom is -0.383 e. The van der Waals surface area contributed by atoms with Gasteiger partial charge >= 0.3 is 0 Å². The largest absolute Gasteiger partial charge is 0.383 e. The Morgan fingerprint density at radius 1 is 1.17 bits per heavy atom. The Hall–Kier alpha value is -2.43. The van der Waals surface area contributed by atoms with Gasteiger partial charge in [-0.15, -0.1) is 0 Å². The summed E-state index contributed by atoms with van der Waals surface area (Å²) in [5.41, 5.74) is 9.78. The van der Waals surface area contributed by atoms with Gasteiger partial charge in [-0.1, -0.05) is 32.0 Å². The second-order valence-corrected chi connectivity index (χ2v) is 7.20. The van der Waals surface area contributed by atoms with Crippen LogP contribution in [0.1, 0.15) is 41.9 Å². The summed E-state index contributed by atoms with van der Waals surface area (Å²) in [5, 5.41) is 0. The van der Waals surface area contributed by atoms with Crippen LogP contribution in [0.25, 0.3) is 0 Å². The van der Waals surface area contributed by atoms with E-state index in [0.717, 1.165) is 30.8 Å². The number of nitrogens with zero attached hydrogens (tertiary/aromatic N) is 3. The van der Waals surface area contributed by atoms with Crippen LogP contribution >= 0.6 is 0 Å². The quantitative estimate of drug-likeness (QED) is 0.877. The maximum absolute atomic E-state index is 12.4. The molecule has 5 nitrogen and oxygen atoms in total. The van der Waals surface area contributed by atoms with Crippen LogP contribution in [0.4, 0.5) is 17.5 Å². The van der Waals surface area contributed by atoms with Crippen molar-refractivity contribution in [3.8, 4) is 0 Å². The first kappa shape index (κ1) is 14.2. The van der Waals surface area contributed by atoms with Gasteiger partial charge in [0.25, 0.3) is 0 Å². The molecule has 0 amide bonds. The number of hydrogen-bond acceptors (Lipinski definition) is 5. The second kappa shape index (κ2) is 4.78. The molecule has 0 unspecified atom stereocenters. The predicted molar refractivity (Wildman–Crippen MR) is 90.0 cm³/mol.